The number of nitrogens with zero attached hydrogens (tertiary/aromatic N) is 2. The molecule has 1 saturated heterocycles. The van der Waals surface area contributed by atoms with Crippen LogP contribution in [0.2, 0.25) is 0 Å². The second kappa shape index (κ2) is 7.88. The monoisotopic (exact) mass is 409 g/mol. The van der Waals surface area contributed by atoms with Crippen LogP contribution in [0.4, 0.5) is 13.2 Å². The summed E-state index contributed by atoms with van der Waals surface area (Å²) in [5.74, 6) is -1.13. The maximum absolute atomic E-state index is 12.8. The van der Waals surface area contributed by atoms with Gasteiger partial charge in [-0.2, -0.15) is 13.2 Å². The third kappa shape index (κ3) is 4.21. The number of fused-ring (bicyclic) bond motifs is 1. The van der Waals surface area contributed by atoms with E-state index in [1.165, 1.54) is 0 Å². The van der Waals surface area contributed by atoms with Crippen LogP contribution in [-0.4, -0.2) is 39.6 Å². The van der Waals surface area contributed by atoms with E-state index in [0.717, 1.165) is 11.0 Å². The molecular formula is C21H26F3N3O2. The summed E-state index contributed by atoms with van der Waals surface area (Å²) in [6.07, 6.45) is -1.17. The van der Waals surface area contributed by atoms with Crippen LogP contribution in [0.25, 0.3) is 11.0 Å². The van der Waals surface area contributed by atoms with Gasteiger partial charge >= 0.3 is 11.9 Å². The van der Waals surface area contributed by atoms with E-state index in [1.807, 2.05) is 29.2 Å². The van der Waals surface area contributed by atoms with Gasteiger partial charge < -0.3 is 9.88 Å². The van der Waals surface area contributed by atoms with Crippen LogP contribution in [0.1, 0.15) is 51.0 Å². The van der Waals surface area contributed by atoms with Gasteiger partial charge in [0.15, 0.2) is 0 Å². The number of aromatic amines is 1. The number of imidazole rings is 1. The molecule has 0 radical (unpaired) electrons. The molecule has 29 heavy (non-hydrogen) atoms. The molecule has 2 aromatic rings. The van der Waals surface area contributed by atoms with Gasteiger partial charge in [-0.05, 0) is 56.6 Å². The van der Waals surface area contributed by atoms with Crippen molar-refractivity contribution in [3.8, 4) is 0 Å². The summed E-state index contributed by atoms with van der Waals surface area (Å²) in [7, 11) is 0. The van der Waals surface area contributed by atoms with Gasteiger partial charge in [0.2, 0.25) is 5.91 Å². The predicted octanol–water partition coefficient (Wildman–Crippen LogP) is 4.25. The van der Waals surface area contributed by atoms with Gasteiger partial charge in [-0.15, -0.1) is 0 Å². The van der Waals surface area contributed by atoms with Crippen molar-refractivity contribution in [3.63, 3.8) is 0 Å². The van der Waals surface area contributed by atoms with Gasteiger partial charge in [0.05, 0.1) is 17.0 Å². The first-order chi connectivity index (χ1) is 13.8. The molecule has 2 fully saturated rings. The van der Waals surface area contributed by atoms with Crippen molar-refractivity contribution in [1.29, 1.82) is 0 Å². The molecule has 0 spiro atoms. The number of piperidine rings is 1. The molecule has 1 saturated carbocycles. The Labute approximate surface area is 166 Å². The second-order valence-electron chi connectivity index (χ2n) is 8.39. The average Bonchev–Trinajstić information content (AvgIpc) is 3.03. The quantitative estimate of drug-likeness (QED) is 0.824. The number of benzene rings is 1. The number of rotatable bonds is 3. The van der Waals surface area contributed by atoms with Gasteiger partial charge in [0.1, 0.15) is 0 Å². The first kappa shape index (κ1) is 20.0. The van der Waals surface area contributed by atoms with Gasteiger partial charge in [-0.3, -0.25) is 9.36 Å². The number of likely N-dealkylation sites (tertiary alicyclic amines) is 1. The van der Waals surface area contributed by atoms with Gasteiger partial charge in [-0.25, -0.2) is 4.79 Å². The molecule has 1 aromatic heterocycles. The number of hydrogen-bond acceptors (Lipinski definition) is 2. The van der Waals surface area contributed by atoms with E-state index in [2.05, 4.69) is 4.98 Å². The van der Waals surface area contributed by atoms with Crippen molar-refractivity contribution in [3.05, 3.63) is 34.7 Å². The largest absolute Gasteiger partial charge is 0.391 e. The number of amides is 1. The number of para-hydroxylation sites is 2. The molecule has 1 aromatic carbocycles. The van der Waals surface area contributed by atoms with Crippen LogP contribution >= 0.6 is 0 Å². The zero-order chi connectivity index (χ0) is 20.6. The van der Waals surface area contributed by atoms with E-state index in [9.17, 15) is 22.8 Å². The Bertz CT molecular complexity index is 917. The summed E-state index contributed by atoms with van der Waals surface area (Å²) >= 11 is 0. The zero-order valence-corrected chi connectivity index (χ0v) is 16.3. The molecule has 158 valence electrons. The lowest BCUT2D eigenvalue weighted by Crippen LogP contribution is -2.41. The van der Waals surface area contributed by atoms with Crippen LogP contribution in [0.15, 0.2) is 29.1 Å². The first-order valence-corrected chi connectivity index (χ1v) is 10.4. The molecule has 0 bridgehead atoms. The highest BCUT2D eigenvalue weighted by atomic mass is 19.4. The van der Waals surface area contributed by atoms with E-state index < -0.39 is 12.1 Å². The Morgan fingerprint density at radius 2 is 1.69 bits per heavy atom. The molecule has 1 aliphatic carbocycles. The minimum atomic E-state index is -4.11. The number of carbonyl (C=O) groups is 1. The van der Waals surface area contributed by atoms with Gasteiger partial charge in [0.25, 0.3) is 0 Å². The molecule has 4 rings (SSSR count). The second-order valence-corrected chi connectivity index (χ2v) is 8.39. The highest BCUT2D eigenvalue weighted by molar-refractivity contribution is 5.77. The summed E-state index contributed by atoms with van der Waals surface area (Å²) < 4.78 is 40.2. The van der Waals surface area contributed by atoms with Crippen molar-refractivity contribution in [2.45, 2.75) is 57.2 Å². The first-order valence-electron chi connectivity index (χ1n) is 10.4. The zero-order valence-electron chi connectivity index (χ0n) is 16.3. The van der Waals surface area contributed by atoms with Gasteiger partial charge in [0, 0.05) is 25.6 Å². The van der Waals surface area contributed by atoms with Crippen molar-refractivity contribution in [2.75, 3.05) is 13.1 Å². The number of H-pyrrole nitrogens is 1. The maximum atomic E-state index is 12.8. The Balaban J connectivity index is 1.31. The third-order valence-electron chi connectivity index (χ3n) is 6.58. The van der Waals surface area contributed by atoms with E-state index in [1.54, 1.807) is 4.57 Å². The van der Waals surface area contributed by atoms with Crippen LogP contribution < -0.4 is 5.69 Å². The lowest BCUT2D eigenvalue weighted by Gasteiger charge is -2.35. The number of aromatic nitrogens is 2. The highest BCUT2D eigenvalue weighted by Gasteiger charge is 2.41. The molecular weight excluding hydrogens is 383 g/mol. The number of carbonyl (C=O) groups excluding carboxylic acids is 1. The molecule has 1 amide bonds. The summed E-state index contributed by atoms with van der Waals surface area (Å²) in [4.78, 5) is 29.7. The molecule has 0 atom stereocenters. The topological polar surface area (TPSA) is 58.1 Å². The summed E-state index contributed by atoms with van der Waals surface area (Å²) in [6.45, 7) is 1.15. The number of alkyl halides is 3. The van der Waals surface area contributed by atoms with E-state index in [0.29, 0.717) is 45.2 Å². The SMILES string of the molecule is O=C(C[C@H]1CC[C@H](C(F)(F)F)CC1)N1CCC(n2c(=O)[nH]c3ccccc32)CC1. The lowest BCUT2D eigenvalue weighted by molar-refractivity contribution is -0.184. The predicted molar refractivity (Wildman–Crippen MR) is 104 cm³/mol. The minimum Gasteiger partial charge on any atom is -0.343 e. The maximum Gasteiger partial charge on any atom is 0.391 e. The van der Waals surface area contributed by atoms with E-state index in [4.69, 9.17) is 0 Å². The fourth-order valence-corrected chi connectivity index (χ4v) is 4.88. The third-order valence-corrected chi connectivity index (χ3v) is 6.58. The molecule has 2 heterocycles. The molecule has 5 nitrogen and oxygen atoms in total. The molecule has 8 heteroatoms. The smallest absolute Gasteiger partial charge is 0.343 e. The van der Waals surface area contributed by atoms with Crippen molar-refractivity contribution >= 4 is 16.9 Å². The highest BCUT2D eigenvalue weighted by Crippen LogP contribution is 2.40. The van der Waals surface area contributed by atoms with Crippen molar-refractivity contribution < 1.29 is 18.0 Å². The Kier molecular flexibility index (Phi) is 5.44. The van der Waals surface area contributed by atoms with E-state index >= 15 is 0 Å². The van der Waals surface area contributed by atoms with Gasteiger partial charge in [-0.1, -0.05) is 12.1 Å². The normalized spacial score (nSPS) is 24.2. The molecule has 2 aliphatic rings. The van der Waals surface area contributed by atoms with Crippen molar-refractivity contribution in [2.24, 2.45) is 11.8 Å². The average molecular weight is 409 g/mol. The fourth-order valence-electron chi connectivity index (χ4n) is 4.88. The van der Waals surface area contributed by atoms with Crippen molar-refractivity contribution in [1.82, 2.24) is 14.5 Å². The molecule has 1 N–H and O–H groups in total. The fraction of sp³-hybridized carbons (Fsp3) is 0.619. The van der Waals surface area contributed by atoms with Crippen LogP contribution in [0.5, 0.6) is 0 Å². The van der Waals surface area contributed by atoms with Crippen LogP contribution in [0.3, 0.4) is 0 Å². The summed E-state index contributed by atoms with van der Waals surface area (Å²) in [5.41, 5.74) is 1.56. The van der Waals surface area contributed by atoms with E-state index in [-0.39, 0.29) is 36.4 Å². The minimum absolute atomic E-state index is 0.0326. The summed E-state index contributed by atoms with van der Waals surface area (Å²) in [5, 5.41) is 0. The lowest BCUT2D eigenvalue weighted by atomic mass is 9.80. The molecule has 1 aliphatic heterocycles. The molecule has 0 unspecified atom stereocenters. The standard InChI is InChI=1S/C21H26F3N3O2/c22-21(23,24)15-7-5-14(6-8-15)13-19(28)26-11-9-16(10-12-26)27-18-4-2-1-3-17(18)25-20(27)29/h1-4,14-16H,5-13H2,(H,25,29)/t14-,15-. The van der Waals surface area contributed by atoms with Crippen LogP contribution in [0, 0.1) is 11.8 Å². The summed E-state index contributed by atoms with van der Waals surface area (Å²) in [6, 6.07) is 7.62. The number of hydrogen-bond donors (Lipinski definition) is 1. The Morgan fingerprint density at radius 3 is 2.34 bits per heavy atom. The van der Waals surface area contributed by atoms with Crippen LogP contribution in [-0.2, 0) is 4.79 Å². The Morgan fingerprint density at radius 1 is 1.03 bits per heavy atom. The number of halogens is 3. The Hall–Kier alpha value is -2.25. The number of nitrogens with one attached hydrogen (secondary N) is 1.